The SMILES string of the molecule is Cc1cc(COc2cccc3c2CN(C2CCC(=O)NC2=O)C3=O)n[nH]1. The van der Waals surface area contributed by atoms with Crippen molar-refractivity contribution in [2.45, 2.75) is 39.0 Å². The van der Waals surface area contributed by atoms with Crippen molar-refractivity contribution in [1.82, 2.24) is 20.4 Å². The van der Waals surface area contributed by atoms with Gasteiger partial charge in [0.1, 0.15) is 18.4 Å². The van der Waals surface area contributed by atoms with Crippen LogP contribution in [0.15, 0.2) is 24.3 Å². The number of rotatable bonds is 4. The highest BCUT2D eigenvalue weighted by molar-refractivity contribution is 6.05. The van der Waals surface area contributed by atoms with Crippen LogP contribution in [0.3, 0.4) is 0 Å². The third-order valence-corrected chi connectivity index (χ3v) is 4.67. The van der Waals surface area contributed by atoms with Crippen LogP contribution in [0.4, 0.5) is 0 Å². The van der Waals surface area contributed by atoms with Crippen LogP contribution in [0, 0.1) is 6.92 Å². The summed E-state index contributed by atoms with van der Waals surface area (Å²) in [5, 5.41) is 9.29. The van der Waals surface area contributed by atoms with E-state index in [0.717, 1.165) is 17.0 Å². The summed E-state index contributed by atoms with van der Waals surface area (Å²) < 4.78 is 5.86. The Hall–Kier alpha value is -3.16. The largest absolute Gasteiger partial charge is 0.487 e. The van der Waals surface area contributed by atoms with Crippen LogP contribution in [0.25, 0.3) is 0 Å². The molecule has 1 atom stereocenters. The maximum absolute atomic E-state index is 12.7. The van der Waals surface area contributed by atoms with Crippen LogP contribution in [-0.4, -0.2) is 38.9 Å². The molecule has 1 aromatic carbocycles. The molecule has 0 saturated carbocycles. The van der Waals surface area contributed by atoms with Crippen molar-refractivity contribution in [2.24, 2.45) is 0 Å². The fourth-order valence-electron chi connectivity index (χ4n) is 3.39. The molecule has 2 aromatic rings. The summed E-state index contributed by atoms with van der Waals surface area (Å²) in [6.07, 6.45) is 0.575. The van der Waals surface area contributed by atoms with Gasteiger partial charge in [0.05, 0.1) is 12.2 Å². The minimum atomic E-state index is -0.630. The summed E-state index contributed by atoms with van der Waals surface area (Å²) in [5.74, 6) is -0.326. The van der Waals surface area contributed by atoms with E-state index in [9.17, 15) is 14.4 Å². The Morgan fingerprint density at radius 1 is 1.31 bits per heavy atom. The maximum Gasteiger partial charge on any atom is 0.255 e. The number of amides is 3. The van der Waals surface area contributed by atoms with Gasteiger partial charge in [0.25, 0.3) is 5.91 Å². The van der Waals surface area contributed by atoms with E-state index < -0.39 is 11.9 Å². The van der Waals surface area contributed by atoms with Crippen molar-refractivity contribution in [1.29, 1.82) is 0 Å². The zero-order valence-electron chi connectivity index (χ0n) is 14.2. The van der Waals surface area contributed by atoms with Gasteiger partial charge in [0, 0.05) is 23.2 Å². The molecule has 0 bridgehead atoms. The third-order valence-electron chi connectivity index (χ3n) is 4.67. The number of aryl methyl sites for hydroxylation is 1. The number of hydrogen-bond donors (Lipinski definition) is 2. The molecule has 0 aliphatic carbocycles. The van der Waals surface area contributed by atoms with Gasteiger partial charge in [-0.2, -0.15) is 5.10 Å². The van der Waals surface area contributed by atoms with E-state index in [-0.39, 0.29) is 31.4 Å². The number of fused-ring (bicyclic) bond motifs is 1. The van der Waals surface area contributed by atoms with E-state index in [1.54, 1.807) is 18.2 Å². The molecule has 1 aromatic heterocycles. The Morgan fingerprint density at radius 2 is 2.15 bits per heavy atom. The van der Waals surface area contributed by atoms with Crippen molar-refractivity contribution in [3.8, 4) is 5.75 Å². The number of aromatic nitrogens is 2. The molecule has 2 N–H and O–H groups in total. The predicted octanol–water partition coefficient (Wildman–Crippen LogP) is 1.06. The number of nitrogens with one attached hydrogen (secondary N) is 2. The lowest BCUT2D eigenvalue weighted by Crippen LogP contribution is -2.52. The number of imide groups is 1. The first-order valence-corrected chi connectivity index (χ1v) is 8.43. The Labute approximate surface area is 149 Å². The zero-order valence-corrected chi connectivity index (χ0v) is 14.2. The van der Waals surface area contributed by atoms with E-state index in [1.165, 1.54) is 4.90 Å². The second kappa shape index (κ2) is 6.29. The quantitative estimate of drug-likeness (QED) is 0.799. The van der Waals surface area contributed by atoms with Crippen LogP contribution in [-0.2, 0) is 22.7 Å². The number of piperidine rings is 1. The van der Waals surface area contributed by atoms with Gasteiger partial charge in [-0.05, 0) is 31.5 Å². The molecule has 134 valence electrons. The number of carbonyl (C=O) groups excluding carboxylic acids is 3. The second-order valence-corrected chi connectivity index (χ2v) is 6.51. The van der Waals surface area contributed by atoms with Gasteiger partial charge in [-0.3, -0.25) is 24.8 Å². The molecule has 8 heteroatoms. The molecular formula is C18H18N4O4. The number of nitrogens with zero attached hydrogens (tertiary/aromatic N) is 2. The number of hydrogen-bond acceptors (Lipinski definition) is 5. The Kier molecular flexibility index (Phi) is 3.95. The van der Waals surface area contributed by atoms with Crippen LogP contribution >= 0.6 is 0 Å². The molecule has 1 fully saturated rings. The van der Waals surface area contributed by atoms with Gasteiger partial charge in [-0.1, -0.05) is 6.07 Å². The lowest BCUT2D eigenvalue weighted by Gasteiger charge is -2.29. The monoisotopic (exact) mass is 354 g/mol. The molecule has 4 rings (SSSR count). The average molecular weight is 354 g/mol. The lowest BCUT2D eigenvalue weighted by atomic mass is 10.0. The summed E-state index contributed by atoms with van der Waals surface area (Å²) >= 11 is 0. The smallest absolute Gasteiger partial charge is 0.255 e. The zero-order chi connectivity index (χ0) is 18.3. The highest BCUT2D eigenvalue weighted by Gasteiger charge is 2.40. The average Bonchev–Trinajstić information content (AvgIpc) is 3.17. The minimum absolute atomic E-state index is 0.212. The van der Waals surface area contributed by atoms with E-state index in [2.05, 4.69) is 15.5 Å². The fourth-order valence-corrected chi connectivity index (χ4v) is 3.39. The van der Waals surface area contributed by atoms with Gasteiger partial charge in [-0.15, -0.1) is 0 Å². The first-order chi connectivity index (χ1) is 12.5. The molecule has 0 spiro atoms. The van der Waals surface area contributed by atoms with Gasteiger partial charge >= 0.3 is 0 Å². The van der Waals surface area contributed by atoms with Crippen LogP contribution < -0.4 is 10.1 Å². The van der Waals surface area contributed by atoms with E-state index in [4.69, 9.17) is 4.74 Å². The van der Waals surface area contributed by atoms with Crippen LogP contribution in [0.2, 0.25) is 0 Å². The number of H-pyrrole nitrogens is 1. The fraction of sp³-hybridized carbons (Fsp3) is 0.333. The molecule has 26 heavy (non-hydrogen) atoms. The molecule has 2 aliphatic rings. The van der Waals surface area contributed by atoms with Crippen molar-refractivity contribution in [3.05, 3.63) is 46.8 Å². The Morgan fingerprint density at radius 3 is 2.88 bits per heavy atom. The molecule has 0 radical (unpaired) electrons. The predicted molar refractivity (Wildman–Crippen MR) is 90.1 cm³/mol. The molecule has 3 heterocycles. The first-order valence-electron chi connectivity index (χ1n) is 8.43. The normalized spacial score (nSPS) is 19.5. The number of benzene rings is 1. The maximum atomic E-state index is 12.7. The number of aromatic amines is 1. The number of ether oxygens (including phenoxy) is 1. The van der Waals surface area contributed by atoms with Gasteiger partial charge in [0.2, 0.25) is 11.8 Å². The van der Waals surface area contributed by atoms with E-state index >= 15 is 0 Å². The second-order valence-electron chi connectivity index (χ2n) is 6.51. The highest BCUT2D eigenvalue weighted by Crippen LogP contribution is 2.33. The molecular weight excluding hydrogens is 336 g/mol. The van der Waals surface area contributed by atoms with E-state index in [0.29, 0.717) is 17.7 Å². The molecule has 2 aliphatic heterocycles. The van der Waals surface area contributed by atoms with Crippen molar-refractivity contribution >= 4 is 17.7 Å². The third kappa shape index (κ3) is 2.83. The van der Waals surface area contributed by atoms with Crippen LogP contribution in [0.5, 0.6) is 5.75 Å². The van der Waals surface area contributed by atoms with E-state index in [1.807, 2.05) is 13.0 Å². The van der Waals surface area contributed by atoms with Crippen molar-refractivity contribution in [3.63, 3.8) is 0 Å². The molecule has 3 amide bonds. The topological polar surface area (TPSA) is 104 Å². The summed E-state index contributed by atoms with van der Waals surface area (Å²) in [4.78, 5) is 37.7. The summed E-state index contributed by atoms with van der Waals surface area (Å²) in [7, 11) is 0. The molecule has 1 unspecified atom stereocenters. The summed E-state index contributed by atoms with van der Waals surface area (Å²) in [6.45, 7) is 2.48. The van der Waals surface area contributed by atoms with Crippen molar-refractivity contribution < 1.29 is 19.1 Å². The molecule has 1 saturated heterocycles. The molecule has 8 nitrogen and oxygen atoms in total. The number of carbonyl (C=O) groups is 3. The Bertz CT molecular complexity index is 904. The van der Waals surface area contributed by atoms with Gasteiger partial charge in [0.15, 0.2) is 0 Å². The summed E-state index contributed by atoms with van der Waals surface area (Å²) in [6, 6.07) is 6.56. The lowest BCUT2D eigenvalue weighted by molar-refractivity contribution is -0.136. The van der Waals surface area contributed by atoms with Gasteiger partial charge < -0.3 is 9.64 Å². The van der Waals surface area contributed by atoms with Gasteiger partial charge in [-0.25, -0.2) is 0 Å². The minimum Gasteiger partial charge on any atom is -0.487 e. The van der Waals surface area contributed by atoms with Crippen LogP contribution in [0.1, 0.15) is 40.2 Å². The summed E-state index contributed by atoms with van der Waals surface area (Å²) in [5.41, 5.74) is 3.01. The van der Waals surface area contributed by atoms with Crippen molar-refractivity contribution in [2.75, 3.05) is 0 Å². The Balaban J connectivity index is 1.54. The standard InChI is InChI=1S/C18H18N4O4/c1-10-7-11(21-20-10)9-26-15-4-2-3-12-13(15)8-22(18(12)25)14-5-6-16(23)19-17(14)24/h2-4,7,14H,5-6,8-9H2,1H3,(H,20,21)(H,19,23,24). The highest BCUT2D eigenvalue weighted by atomic mass is 16.5. The first kappa shape index (κ1) is 16.3.